The quantitative estimate of drug-likeness (QED) is 0.0324. The molecule has 68 heavy (non-hydrogen) atoms. The summed E-state index contributed by atoms with van der Waals surface area (Å²) in [5.41, 5.74) is 3.29. The summed E-state index contributed by atoms with van der Waals surface area (Å²) < 4.78 is 17.6. The molecule has 14 nitrogen and oxygen atoms in total. The fraction of sp³-hybridized carbons (Fsp3) is 0.208. The number of unbranched alkanes of at least 4 members (excludes halogenated alkanes) is 1. The minimum atomic E-state index is -1.35. The monoisotopic (exact) mass is 983 g/mol. The number of phenols is 1. The molecule has 1 atom stereocenters. The van der Waals surface area contributed by atoms with Crippen molar-refractivity contribution in [2.75, 3.05) is 18.1 Å². The molecule has 0 aliphatic rings. The number of rotatable bonds is 20. The zero-order chi connectivity index (χ0) is 48.6. The SMILES string of the molecule is CCc1cc(C[C@H](NC(C)=O)C(=O)NCCCCOc2ccc(Br)c(O)c2C(=O)O)ccc1N(C(=O)C(=O)OCc1ccccc1)c1ccccc1C(=O)OC(c1ccccc1)c1ccccc1. The number of nitrogens with zero attached hydrogens (tertiary/aromatic N) is 1. The number of ether oxygens (including phenoxy) is 3. The predicted octanol–water partition coefficient (Wildman–Crippen LogP) is 8.79. The maximum atomic E-state index is 14.5. The molecule has 3 amide bonds. The Hall–Kier alpha value is -7.78. The Morgan fingerprint density at radius 3 is 2.00 bits per heavy atom. The number of hydrogen-bond acceptors (Lipinski definition) is 10. The Kier molecular flexibility index (Phi) is 17.6. The van der Waals surface area contributed by atoms with Gasteiger partial charge in [-0.05, 0) is 93.3 Å². The van der Waals surface area contributed by atoms with Crippen LogP contribution in [0.15, 0.2) is 150 Å². The number of aromatic carboxylic acids is 1. The van der Waals surface area contributed by atoms with Crippen LogP contribution in [-0.4, -0.2) is 65.0 Å². The van der Waals surface area contributed by atoms with Gasteiger partial charge >= 0.3 is 23.8 Å². The van der Waals surface area contributed by atoms with Gasteiger partial charge in [-0.15, -0.1) is 0 Å². The van der Waals surface area contributed by atoms with E-state index < -0.39 is 53.5 Å². The van der Waals surface area contributed by atoms with Gasteiger partial charge in [0.05, 0.1) is 28.0 Å². The lowest BCUT2D eigenvalue weighted by Crippen LogP contribution is -2.47. The molecule has 6 aromatic carbocycles. The second kappa shape index (κ2) is 24.1. The van der Waals surface area contributed by atoms with Gasteiger partial charge in [-0.2, -0.15) is 0 Å². The standard InChI is InChI=1S/C53H50BrN3O11/c1-3-37-31-36(32-42(56-34(2)58)49(60)55-29-15-16-30-66-45-28-26-41(54)47(59)46(45)51(62)63)25-27-43(37)57(50(61)53(65)67-33-35-17-7-4-8-18-35)44-24-14-13-23-40(44)52(64)68-48(38-19-9-5-10-20-38)39-21-11-6-12-22-39/h4-14,17-28,31,42,48,59H,3,15-16,29-30,32-33H2,1-2H3,(H,55,60)(H,56,58)(H,62,63)/t42-/m0/s1. The van der Waals surface area contributed by atoms with Crippen LogP contribution >= 0.6 is 15.9 Å². The molecule has 0 radical (unpaired) electrons. The molecule has 15 heteroatoms. The van der Waals surface area contributed by atoms with Crippen LogP contribution in [0.1, 0.15) is 81.3 Å². The van der Waals surface area contributed by atoms with E-state index in [0.29, 0.717) is 36.0 Å². The number of esters is 2. The molecule has 6 aromatic rings. The average molecular weight is 985 g/mol. The number of para-hydroxylation sites is 1. The van der Waals surface area contributed by atoms with Crippen molar-refractivity contribution in [2.24, 2.45) is 0 Å². The minimum Gasteiger partial charge on any atom is -0.506 e. The number of amides is 3. The molecule has 0 unspecified atom stereocenters. The molecular weight excluding hydrogens is 934 g/mol. The van der Waals surface area contributed by atoms with E-state index in [1.165, 1.54) is 25.1 Å². The second-order valence-corrected chi connectivity index (χ2v) is 16.4. The first-order chi connectivity index (χ1) is 32.9. The van der Waals surface area contributed by atoms with Crippen LogP contribution in [0, 0.1) is 0 Å². The van der Waals surface area contributed by atoms with Crippen LogP contribution in [0.4, 0.5) is 11.4 Å². The third kappa shape index (κ3) is 13.0. The van der Waals surface area contributed by atoms with Crippen molar-refractivity contribution >= 4 is 62.9 Å². The van der Waals surface area contributed by atoms with Crippen LogP contribution in [0.25, 0.3) is 0 Å². The highest BCUT2D eigenvalue weighted by molar-refractivity contribution is 9.10. The van der Waals surface area contributed by atoms with Crippen molar-refractivity contribution in [1.82, 2.24) is 10.6 Å². The Labute approximate surface area is 402 Å². The lowest BCUT2D eigenvalue weighted by atomic mass is 9.98. The van der Waals surface area contributed by atoms with Gasteiger partial charge in [0.25, 0.3) is 0 Å². The largest absolute Gasteiger partial charge is 0.506 e. The summed E-state index contributed by atoms with van der Waals surface area (Å²) in [7, 11) is 0. The fourth-order valence-corrected chi connectivity index (χ4v) is 7.73. The molecule has 4 N–H and O–H groups in total. The van der Waals surface area contributed by atoms with Crippen molar-refractivity contribution < 1.29 is 53.2 Å². The van der Waals surface area contributed by atoms with E-state index >= 15 is 0 Å². The topological polar surface area (TPSA) is 198 Å². The third-order valence-electron chi connectivity index (χ3n) is 10.7. The van der Waals surface area contributed by atoms with Crippen LogP contribution in [0.3, 0.4) is 0 Å². The van der Waals surface area contributed by atoms with E-state index in [-0.39, 0.29) is 58.9 Å². The molecular formula is C53H50BrN3O11. The molecule has 350 valence electrons. The minimum absolute atomic E-state index is 0.00318. The van der Waals surface area contributed by atoms with Crippen LogP contribution in [0.2, 0.25) is 0 Å². The Morgan fingerprint density at radius 2 is 1.37 bits per heavy atom. The highest BCUT2D eigenvalue weighted by Crippen LogP contribution is 2.37. The predicted molar refractivity (Wildman–Crippen MR) is 258 cm³/mol. The van der Waals surface area contributed by atoms with E-state index in [1.807, 2.05) is 73.7 Å². The molecule has 0 bridgehead atoms. The third-order valence-corrected chi connectivity index (χ3v) is 11.4. The van der Waals surface area contributed by atoms with Crippen molar-refractivity contribution in [2.45, 2.75) is 58.3 Å². The van der Waals surface area contributed by atoms with Crippen LogP contribution in [0.5, 0.6) is 11.5 Å². The first-order valence-corrected chi connectivity index (χ1v) is 22.6. The molecule has 0 aromatic heterocycles. The lowest BCUT2D eigenvalue weighted by molar-refractivity contribution is -0.154. The van der Waals surface area contributed by atoms with Gasteiger partial charge in [-0.25, -0.2) is 14.4 Å². The molecule has 0 saturated carbocycles. The number of anilines is 2. The van der Waals surface area contributed by atoms with Gasteiger partial charge in [0.2, 0.25) is 11.8 Å². The molecule has 0 fully saturated rings. The normalized spacial score (nSPS) is 11.2. The smallest absolute Gasteiger partial charge is 0.398 e. The summed E-state index contributed by atoms with van der Waals surface area (Å²) in [5, 5.41) is 25.2. The number of benzene rings is 6. The number of carboxylic acid groups (broad SMARTS) is 1. The fourth-order valence-electron chi connectivity index (χ4n) is 7.40. The zero-order valence-corrected chi connectivity index (χ0v) is 38.9. The highest BCUT2D eigenvalue weighted by atomic mass is 79.9. The number of halogens is 1. The molecule has 0 spiro atoms. The molecule has 0 saturated heterocycles. The molecule has 0 aliphatic carbocycles. The summed E-state index contributed by atoms with van der Waals surface area (Å²) in [4.78, 5) is 81.4. The van der Waals surface area contributed by atoms with E-state index in [9.17, 15) is 39.0 Å². The van der Waals surface area contributed by atoms with Crippen molar-refractivity contribution in [1.29, 1.82) is 0 Å². The summed E-state index contributed by atoms with van der Waals surface area (Å²) in [5.74, 6) is -5.67. The summed E-state index contributed by atoms with van der Waals surface area (Å²) in [6.07, 6.45) is 0.473. The van der Waals surface area contributed by atoms with Crippen LogP contribution in [-0.2, 0) is 48.1 Å². The van der Waals surface area contributed by atoms with Crippen molar-refractivity contribution in [3.63, 3.8) is 0 Å². The van der Waals surface area contributed by atoms with Gasteiger partial charge in [-0.3, -0.25) is 19.3 Å². The first-order valence-electron chi connectivity index (χ1n) is 21.8. The molecule has 0 aliphatic heterocycles. The summed E-state index contributed by atoms with van der Waals surface area (Å²) >= 11 is 3.10. The maximum Gasteiger partial charge on any atom is 0.398 e. The number of carbonyl (C=O) groups is 6. The number of carbonyl (C=O) groups excluding carboxylic acids is 5. The second-order valence-electron chi connectivity index (χ2n) is 15.5. The number of carboxylic acids is 1. The lowest BCUT2D eigenvalue weighted by Gasteiger charge is -2.27. The van der Waals surface area contributed by atoms with Gasteiger partial charge in [0.1, 0.15) is 29.7 Å². The first kappa shape index (κ1) is 49.6. The van der Waals surface area contributed by atoms with Gasteiger partial charge < -0.3 is 35.1 Å². The van der Waals surface area contributed by atoms with Gasteiger partial charge in [-0.1, -0.05) is 122 Å². The maximum absolute atomic E-state index is 14.5. The Bertz CT molecular complexity index is 2700. The number of aromatic hydroxyl groups is 1. The van der Waals surface area contributed by atoms with Crippen molar-refractivity contribution in [3.8, 4) is 11.5 Å². The molecule has 0 heterocycles. The summed E-state index contributed by atoms with van der Waals surface area (Å²) in [6.45, 7) is 3.30. The number of aryl methyl sites for hydroxylation is 1. The van der Waals surface area contributed by atoms with E-state index in [4.69, 9.17) is 14.2 Å². The average Bonchev–Trinajstić information content (AvgIpc) is 3.35. The zero-order valence-electron chi connectivity index (χ0n) is 37.4. The van der Waals surface area contributed by atoms with E-state index in [2.05, 4.69) is 26.6 Å². The van der Waals surface area contributed by atoms with E-state index in [0.717, 1.165) is 16.0 Å². The molecule has 6 rings (SSSR count). The van der Waals surface area contributed by atoms with E-state index in [1.54, 1.807) is 60.7 Å². The van der Waals surface area contributed by atoms with Crippen LogP contribution < -0.4 is 20.3 Å². The van der Waals surface area contributed by atoms with Gasteiger partial charge in [0.15, 0.2) is 6.10 Å². The van der Waals surface area contributed by atoms with Crippen molar-refractivity contribution in [3.05, 3.63) is 189 Å². The number of nitrogens with one attached hydrogen (secondary N) is 2. The van der Waals surface area contributed by atoms with Gasteiger partial charge in [0, 0.05) is 19.9 Å². The number of hydrogen-bond donors (Lipinski definition) is 4. The highest BCUT2D eigenvalue weighted by Gasteiger charge is 2.33. The Balaban J connectivity index is 1.24. The summed E-state index contributed by atoms with van der Waals surface area (Å²) in [6, 6.07) is 40.7. The Morgan fingerprint density at radius 1 is 0.735 bits per heavy atom.